The Balaban J connectivity index is 1.73. The van der Waals surface area contributed by atoms with Gasteiger partial charge in [-0.15, -0.1) is 0 Å². The lowest BCUT2D eigenvalue weighted by molar-refractivity contribution is -0.138. The molecule has 1 fully saturated rings. The normalized spacial score (nSPS) is 16.5. The number of aryl methyl sites for hydroxylation is 1. The zero-order chi connectivity index (χ0) is 15.5. The molecule has 0 N–H and O–H groups in total. The Morgan fingerprint density at radius 1 is 1.23 bits per heavy atom. The average molecular weight is 298 g/mol. The van der Waals surface area contributed by atoms with Crippen molar-refractivity contribution in [2.75, 3.05) is 13.1 Å². The first-order chi connectivity index (χ1) is 10.6. The molecule has 1 saturated heterocycles. The summed E-state index contributed by atoms with van der Waals surface area (Å²) in [6.07, 6.45) is 4.74. The smallest absolute Gasteiger partial charge is 0.263 e. The fourth-order valence-corrected chi connectivity index (χ4v) is 2.97. The van der Waals surface area contributed by atoms with Gasteiger partial charge in [0, 0.05) is 30.7 Å². The van der Waals surface area contributed by atoms with Crippen molar-refractivity contribution in [3.63, 3.8) is 0 Å². The third-order valence-electron chi connectivity index (χ3n) is 4.26. The molecule has 1 aromatic carbocycles. The molecule has 4 heteroatoms. The van der Waals surface area contributed by atoms with Crippen LogP contribution in [0.5, 0.6) is 5.75 Å². The zero-order valence-corrected chi connectivity index (χ0v) is 13.2. The fraction of sp³-hybridized carbons (Fsp3) is 0.444. The van der Waals surface area contributed by atoms with Crippen LogP contribution in [0.4, 0.5) is 0 Å². The van der Waals surface area contributed by atoms with Crippen LogP contribution in [-0.2, 0) is 4.79 Å². The Bertz CT molecular complexity index is 678. The van der Waals surface area contributed by atoms with Gasteiger partial charge in [0.25, 0.3) is 5.91 Å². The van der Waals surface area contributed by atoms with E-state index in [1.807, 2.05) is 36.1 Å². The molecule has 2 heterocycles. The highest BCUT2D eigenvalue weighted by atomic mass is 16.5. The lowest BCUT2D eigenvalue weighted by Crippen LogP contribution is -2.43. The summed E-state index contributed by atoms with van der Waals surface area (Å²) in [7, 11) is 0. The van der Waals surface area contributed by atoms with E-state index in [9.17, 15) is 4.79 Å². The summed E-state index contributed by atoms with van der Waals surface area (Å²) in [5, 5.41) is 1.12. The van der Waals surface area contributed by atoms with Gasteiger partial charge in [-0.05, 0) is 56.9 Å². The third-order valence-corrected chi connectivity index (χ3v) is 4.26. The van der Waals surface area contributed by atoms with Crippen molar-refractivity contribution < 1.29 is 9.53 Å². The van der Waals surface area contributed by atoms with Crippen molar-refractivity contribution >= 4 is 16.8 Å². The second-order valence-electron chi connectivity index (χ2n) is 5.95. The molecule has 0 spiro atoms. The van der Waals surface area contributed by atoms with Crippen LogP contribution in [0, 0.1) is 6.92 Å². The average Bonchev–Trinajstić information content (AvgIpc) is 2.55. The lowest BCUT2D eigenvalue weighted by atomic mass is 10.1. The van der Waals surface area contributed by atoms with Gasteiger partial charge in [0.05, 0.1) is 5.52 Å². The van der Waals surface area contributed by atoms with Crippen molar-refractivity contribution in [1.29, 1.82) is 0 Å². The molecule has 1 aromatic heterocycles. The molecule has 0 bridgehead atoms. The van der Waals surface area contributed by atoms with Crippen molar-refractivity contribution in [3.8, 4) is 5.75 Å². The number of likely N-dealkylation sites (tertiary alicyclic amines) is 1. The second kappa shape index (κ2) is 6.34. The first-order valence-corrected chi connectivity index (χ1v) is 7.96. The summed E-state index contributed by atoms with van der Waals surface area (Å²) in [5.41, 5.74) is 2.09. The molecule has 1 unspecified atom stereocenters. The van der Waals surface area contributed by atoms with Gasteiger partial charge in [-0.1, -0.05) is 0 Å². The van der Waals surface area contributed by atoms with Crippen molar-refractivity contribution in [2.24, 2.45) is 0 Å². The van der Waals surface area contributed by atoms with E-state index in [2.05, 4.69) is 11.9 Å². The first kappa shape index (κ1) is 14.8. The standard InChI is InChI=1S/C18H22N2O2/c1-13-8-9-19-17-12-15(6-7-16(13)17)22-14(2)18(21)20-10-4-3-5-11-20/h6-9,12,14H,3-5,10-11H2,1-2H3. The van der Waals surface area contributed by atoms with Gasteiger partial charge in [-0.25, -0.2) is 0 Å². The first-order valence-electron chi connectivity index (χ1n) is 7.96. The van der Waals surface area contributed by atoms with Crippen LogP contribution in [0.1, 0.15) is 31.7 Å². The minimum atomic E-state index is -0.458. The van der Waals surface area contributed by atoms with Gasteiger partial charge in [-0.2, -0.15) is 0 Å². The summed E-state index contributed by atoms with van der Waals surface area (Å²) in [5.74, 6) is 0.778. The Hall–Kier alpha value is -2.10. The minimum Gasteiger partial charge on any atom is -0.481 e. The molecule has 0 saturated carbocycles. The highest BCUT2D eigenvalue weighted by Crippen LogP contribution is 2.23. The van der Waals surface area contributed by atoms with Crippen molar-refractivity contribution in [3.05, 3.63) is 36.0 Å². The van der Waals surface area contributed by atoms with E-state index in [1.165, 1.54) is 12.0 Å². The van der Waals surface area contributed by atoms with E-state index in [-0.39, 0.29) is 5.91 Å². The third kappa shape index (κ3) is 3.06. The Kier molecular flexibility index (Phi) is 4.27. The summed E-state index contributed by atoms with van der Waals surface area (Å²) >= 11 is 0. The largest absolute Gasteiger partial charge is 0.481 e. The van der Waals surface area contributed by atoms with E-state index in [0.717, 1.165) is 36.8 Å². The Labute approximate surface area is 131 Å². The number of carbonyl (C=O) groups excluding carboxylic acids is 1. The van der Waals surface area contributed by atoms with E-state index < -0.39 is 6.10 Å². The molecule has 1 atom stereocenters. The molecule has 4 nitrogen and oxygen atoms in total. The SMILES string of the molecule is Cc1ccnc2cc(OC(C)C(=O)N3CCCCC3)ccc12. The fourth-order valence-electron chi connectivity index (χ4n) is 2.97. The minimum absolute atomic E-state index is 0.0806. The van der Waals surface area contributed by atoms with Crippen LogP contribution >= 0.6 is 0 Å². The number of ether oxygens (including phenoxy) is 1. The number of fused-ring (bicyclic) bond motifs is 1. The molecule has 0 radical (unpaired) electrons. The van der Waals surface area contributed by atoms with Gasteiger partial charge in [0.2, 0.25) is 0 Å². The number of aromatic nitrogens is 1. The maximum absolute atomic E-state index is 12.4. The van der Waals surface area contributed by atoms with Crippen molar-refractivity contribution in [2.45, 2.75) is 39.2 Å². The predicted octanol–water partition coefficient (Wildman–Crippen LogP) is 3.32. The quantitative estimate of drug-likeness (QED) is 0.873. The molecule has 116 valence electrons. The number of carbonyl (C=O) groups is 1. The monoisotopic (exact) mass is 298 g/mol. The maximum Gasteiger partial charge on any atom is 0.263 e. The molecule has 1 aliphatic heterocycles. The Morgan fingerprint density at radius 2 is 2.00 bits per heavy atom. The van der Waals surface area contributed by atoms with E-state index >= 15 is 0 Å². The number of hydrogen-bond donors (Lipinski definition) is 0. The van der Waals surface area contributed by atoms with Crippen LogP contribution in [0.15, 0.2) is 30.5 Å². The van der Waals surface area contributed by atoms with Gasteiger partial charge in [0.15, 0.2) is 6.10 Å². The van der Waals surface area contributed by atoms with E-state index in [0.29, 0.717) is 5.75 Å². The van der Waals surface area contributed by atoms with E-state index in [1.54, 1.807) is 6.20 Å². The number of piperidine rings is 1. The van der Waals surface area contributed by atoms with Crippen LogP contribution in [0.25, 0.3) is 10.9 Å². The summed E-state index contributed by atoms with van der Waals surface area (Å²) in [6.45, 7) is 5.59. The summed E-state index contributed by atoms with van der Waals surface area (Å²) in [4.78, 5) is 18.7. The van der Waals surface area contributed by atoms with Gasteiger partial charge in [0.1, 0.15) is 5.75 Å². The van der Waals surface area contributed by atoms with Gasteiger partial charge < -0.3 is 9.64 Å². The van der Waals surface area contributed by atoms with Crippen LogP contribution < -0.4 is 4.74 Å². The summed E-state index contributed by atoms with van der Waals surface area (Å²) in [6, 6.07) is 7.82. The highest BCUT2D eigenvalue weighted by molar-refractivity contribution is 5.84. The number of nitrogens with zero attached hydrogens (tertiary/aromatic N) is 2. The predicted molar refractivity (Wildman–Crippen MR) is 87.0 cm³/mol. The van der Waals surface area contributed by atoms with Crippen molar-refractivity contribution in [1.82, 2.24) is 9.88 Å². The topological polar surface area (TPSA) is 42.4 Å². The summed E-state index contributed by atoms with van der Waals surface area (Å²) < 4.78 is 5.85. The van der Waals surface area contributed by atoms with E-state index in [4.69, 9.17) is 4.74 Å². The van der Waals surface area contributed by atoms with Gasteiger partial charge in [-0.3, -0.25) is 9.78 Å². The number of pyridine rings is 1. The zero-order valence-electron chi connectivity index (χ0n) is 13.2. The molecule has 1 amide bonds. The molecular weight excluding hydrogens is 276 g/mol. The van der Waals surface area contributed by atoms with Crippen LogP contribution in [-0.4, -0.2) is 35.0 Å². The molecule has 2 aromatic rings. The number of benzene rings is 1. The number of amides is 1. The highest BCUT2D eigenvalue weighted by Gasteiger charge is 2.23. The molecule has 3 rings (SSSR count). The van der Waals surface area contributed by atoms with Crippen LogP contribution in [0.3, 0.4) is 0 Å². The molecule has 1 aliphatic rings. The molecular formula is C18H22N2O2. The molecule has 0 aliphatic carbocycles. The maximum atomic E-state index is 12.4. The van der Waals surface area contributed by atoms with Crippen LogP contribution in [0.2, 0.25) is 0 Å². The molecule has 22 heavy (non-hydrogen) atoms. The lowest BCUT2D eigenvalue weighted by Gasteiger charge is -2.29. The number of hydrogen-bond acceptors (Lipinski definition) is 3. The number of rotatable bonds is 3. The van der Waals surface area contributed by atoms with Gasteiger partial charge >= 0.3 is 0 Å². The second-order valence-corrected chi connectivity index (χ2v) is 5.95. The Morgan fingerprint density at radius 3 is 2.77 bits per heavy atom.